The molecule has 3 aromatic carbocycles. The van der Waals surface area contributed by atoms with Crippen molar-refractivity contribution >= 4 is 16.2 Å². The molecule has 9 heteroatoms. The zero-order chi connectivity index (χ0) is 25.6. The van der Waals surface area contributed by atoms with Gasteiger partial charge in [0, 0.05) is 6.54 Å². The number of hydrogen-bond acceptors (Lipinski definition) is 5. The summed E-state index contributed by atoms with van der Waals surface area (Å²) < 4.78 is 63.8. The summed E-state index contributed by atoms with van der Waals surface area (Å²) in [5.41, 5.74) is 0.317. The maximum Gasteiger partial charge on any atom is 0.410 e. The first-order valence-electron chi connectivity index (χ1n) is 10.9. The van der Waals surface area contributed by atoms with Crippen molar-refractivity contribution in [2.24, 2.45) is 0 Å². The SMILES string of the molecule is CC(C)(C)OC(=O)N(Cc1ccc(F)cc1)CC(OS(=O)(=O)c1ccc(F)cc1)c1ccccc1. The van der Waals surface area contributed by atoms with E-state index in [1.807, 2.05) is 0 Å². The van der Waals surface area contributed by atoms with E-state index in [0.717, 1.165) is 24.3 Å². The standard InChI is InChI=1S/C26H27F2NO5S/c1-26(2,3)33-25(30)29(17-19-9-11-21(27)12-10-19)18-24(20-7-5-4-6-8-20)34-35(31,32)23-15-13-22(28)14-16-23/h4-16,24H,17-18H2,1-3H3. The number of rotatable bonds is 8. The minimum absolute atomic E-state index is 0.0263. The van der Waals surface area contributed by atoms with Crippen LogP contribution in [0.3, 0.4) is 0 Å². The van der Waals surface area contributed by atoms with Crippen LogP contribution in [0.4, 0.5) is 13.6 Å². The van der Waals surface area contributed by atoms with Crippen molar-refractivity contribution in [3.63, 3.8) is 0 Å². The van der Waals surface area contributed by atoms with Gasteiger partial charge in [0.25, 0.3) is 10.1 Å². The zero-order valence-corrected chi connectivity index (χ0v) is 20.5. The number of benzene rings is 3. The molecule has 0 N–H and O–H groups in total. The maximum atomic E-state index is 13.4. The summed E-state index contributed by atoms with van der Waals surface area (Å²) in [4.78, 5) is 14.1. The molecule has 0 saturated heterocycles. The smallest absolute Gasteiger partial charge is 0.410 e. The van der Waals surface area contributed by atoms with Crippen LogP contribution < -0.4 is 0 Å². The van der Waals surface area contributed by atoms with E-state index in [4.69, 9.17) is 8.92 Å². The lowest BCUT2D eigenvalue weighted by Gasteiger charge is -2.30. The van der Waals surface area contributed by atoms with Crippen molar-refractivity contribution < 1.29 is 30.9 Å². The second-order valence-corrected chi connectivity index (χ2v) is 10.5. The minimum atomic E-state index is -4.30. The van der Waals surface area contributed by atoms with Gasteiger partial charge in [0.1, 0.15) is 23.3 Å². The summed E-state index contributed by atoms with van der Waals surface area (Å²) in [5, 5.41) is 0. The zero-order valence-electron chi connectivity index (χ0n) is 19.6. The lowest BCUT2D eigenvalue weighted by atomic mass is 10.1. The Morgan fingerprint density at radius 2 is 1.43 bits per heavy atom. The first kappa shape index (κ1) is 26.3. The molecule has 0 heterocycles. The highest BCUT2D eigenvalue weighted by atomic mass is 32.2. The minimum Gasteiger partial charge on any atom is -0.444 e. The van der Waals surface area contributed by atoms with E-state index in [0.29, 0.717) is 11.1 Å². The molecule has 0 aliphatic carbocycles. The van der Waals surface area contributed by atoms with Crippen LogP contribution in [-0.2, 0) is 25.6 Å². The summed E-state index contributed by atoms with van der Waals surface area (Å²) in [7, 11) is -4.30. The number of nitrogens with zero attached hydrogens (tertiary/aromatic N) is 1. The molecule has 0 aliphatic rings. The lowest BCUT2D eigenvalue weighted by molar-refractivity contribution is 0.0151. The average molecular weight is 504 g/mol. The van der Waals surface area contributed by atoms with E-state index in [1.54, 1.807) is 51.1 Å². The van der Waals surface area contributed by atoms with Gasteiger partial charge in [-0.2, -0.15) is 8.42 Å². The molecule has 0 radical (unpaired) electrons. The normalized spacial score (nSPS) is 12.7. The summed E-state index contributed by atoms with van der Waals surface area (Å²) >= 11 is 0. The molecule has 0 aromatic heterocycles. The van der Waals surface area contributed by atoms with Crippen molar-refractivity contribution in [2.45, 2.75) is 43.9 Å². The van der Waals surface area contributed by atoms with E-state index in [1.165, 1.54) is 29.2 Å². The molecule has 0 bridgehead atoms. The first-order valence-corrected chi connectivity index (χ1v) is 12.3. The number of hydrogen-bond donors (Lipinski definition) is 0. The highest BCUT2D eigenvalue weighted by Crippen LogP contribution is 2.27. The van der Waals surface area contributed by atoms with E-state index >= 15 is 0 Å². The number of carbonyl (C=O) groups excluding carboxylic acids is 1. The molecule has 186 valence electrons. The van der Waals surface area contributed by atoms with Gasteiger partial charge in [-0.3, -0.25) is 4.18 Å². The van der Waals surface area contributed by atoms with Crippen LogP contribution in [0.25, 0.3) is 0 Å². The van der Waals surface area contributed by atoms with Crippen LogP contribution >= 0.6 is 0 Å². The first-order chi connectivity index (χ1) is 16.4. The molecule has 3 aromatic rings. The average Bonchev–Trinajstić information content (AvgIpc) is 2.79. The van der Waals surface area contributed by atoms with Gasteiger partial charge in [-0.25, -0.2) is 13.6 Å². The molecule has 0 aliphatic heterocycles. The third-order valence-electron chi connectivity index (χ3n) is 4.84. The lowest BCUT2D eigenvalue weighted by Crippen LogP contribution is -2.39. The van der Waals surface area contributed by atoms with Gasteiger partial charge in [0.15, 0.2) is 0 Å². The van der Waals surface area contributed by atoms with Crippen molar-refractivity contribution in [2.75, 3.05) is 6.54 Å². The van der Waals surface area contributed by atoms with Crippen LogP contribution in [0.2, 0.25) is 0 Å². The fourth-order valence-corrected chi connectivity index (χ4v) is 4.27. The van der Waals surface area contributed by atoms with Gasteiger partial charge >= 0.3 is 6.09 Å². The summed E-state index contributed by atoms with van der Waals surface area (Å²) in [6.45, 7) is 4.98. The van der Waals surface area contributed by atoms with Crippen molar-refractivity contribution in [1.29, 1.82) is 0 Å². The molecule has 1 unspecified atom stereocenters. The molecular weight excluding hydrogens is 476 g/mol. The third-order valence-corrected chi connectivity index (χ3v) is 6.18. The van der Waals surface area contributed by atoms with Gasteiger partial charge in [0.2, 0.25) is 0 Å². The number of carbonyl (C=O) groups is 1. The van der Waals surface area contributed by atoms with Gasteiger partial charge in [-0.15, -0.1) is 0 Å². The Labute approximate surface area is 204 Å². The van der Waals surface area contributed by atoms with E-state index in [-0.39, 0.29) is 18.0 Å². The van der Waals surface area contributed by atoms with E-state index in [2.05, 4.69) is 0 Å². The highest BCUT2D eigenvalue weighted by molar-refractivity contribution is 7.86. The van der Waals surface area contributed by atoms with Gasteiger partial charge in [-0.1, -0.05) is 42.5 Å². The second kappa shape index (κ2) is 11.0. The Balaban J connectivity index is 1.94. The molecule has 1 atom stereocenters. The molecule has 1 amide bonds. The molecule has 0 spiro atoms. The number of ether oxygens (including phenoxy) is 1. The quantitative estimate of drug-likeness (QED) is 0.361. The molecule has 0 fully saturated rings. The van der Waals surface area contributed by atoms with E-state index < -0.39 is 39.6 Å². The third kappa shape index (κ3) is 7.87. The molecule has 0 saturated carbocycles. The fraction of sp³-hybridized carbons (Fsp3) is 0.269. The van der Waals surface area contributed by atoms with Gasteiger partial charge in [0.05, 0.1) is 11.4 Å². The Bertz CT molecular complexity index is 1230. The van der Waals surface area contributed by atoms with Crippen molar-refractivity contribution in [1.82, 2.24) is 4.90 Å². The number of amides is 1. The van der Waals surface area contributed by atoms with Crippen LogP contribution in [0.15, 0.2) is 83.8 Å². The summed E-state index contributed by atoms with van der Waals surface area (Å²) in [6.07, 6.45) is -1.79. The Morgan fingerprint density at radius 1 is 0.886 bits per heavy atom. The fourth-order valence-electron chi connectivity index (χ4n) is 3.21. The molecule has 6 nitrogen and oxygen atoms in total. The van der Waals surface area contributed by atoms with Crippen LogP contribution in [0, 0.1) is 11.6 Å². The predicted octanol–water partition coefficient (Wildman–Crippen LogP) is 5.85. The second-order valence-electron chi connectivity index (χ2n) is 8.89. The van der Waals surface area contributed by atoms with Gasteiger partial charge in [-0.05, 0) is 68.3 Å². The van der Waals surface area contributed by atoms with Crippen LogP contribution in [-0.4, -0.2) is 31.6 Å². The Kier molecular flexibility index (Phi) is 8.24. The Hall–Kier alpha value is -3.30. The molecule has 3 rings (SSSR count). The predicted molar refractivity (Wildman–Crippen MR) is 127 cm³/mol. The molecule has 35 heavy (non-hydrogen) atoms. The van der Waals surface area contributed by atoms with Gasteiger partial charge < -0.3 is 9.64 Å². The monoisotopic (exact) mass is 503 g/mol. The highest BCUT2D eigenvalue weighted by Gasteiger charge is 2.30. The van der Waals surface area contributed by atoms with E-state index in [9.17, 15) is 22.0 Å². The summed E-state index contributed by atoms with van der Waals surface area (Å²) in [5.74, 6) is -1.01. The largest absolute Gasteiger partial charge is 0.444 e. The van der Waals surface area contributed by atoms with Crippen molar-refractivity contribution in [3.8, 4) is 0 Å². The maximum absolute atomic E-state index is 13.4. The summed E-state index contributed by atoms with van der Waals surface area (Å²) in [6, 6.07) is 18.4. The number of halogens is 2. The van der Waals surface area contributed by atoms with Crippen LogP contribution in [0.1, 0.15) is 38.0 Å². The topological polar surface area (TPSA) is 72.9 Å². The Morgan fingerprint density at radius 3 is 1.97 bits per heavy atom. The van der Waals surface area contributed by atoms with Crippen LogP contribution in [0.5, 0.6) is 0 Å². The van der Waals surface area contributed by atoms with Crippen molar-refractivity contribution in [3.05, 3.63) is 102 Å². The molecular formula is C26H27F2NO5S.